The van der Waals surface area contributed by atoms with Crippen LogP contribution in [0, 0.1) is 0 Å². The summed E-state index contributed by atoms with van der Waals surface area (Å²) < 4.78 is 5.06. The molecule has 23 heavy (non-hydrogen) atoms. The van der Waals surface area contributed by atoms with E-state index in [1.54, 1.807) is 6.92 Å². The summed E-state index contributed by atoms with van der Waals surface area (Å²) in [4.78, 5) is 11.2. The van der Waals surface area contributed by atoms with E-state index in [4.69, 9.17) is 17.0 Å². The van der Waals surface area contributed by atoms with Gasteiger partial charge in [-0.3, -0.25) is 0 Å². The van der Waals surface area contributed by atoms with Gasteiger partial charge in [0, 0.05) is 18.7 Å². The molecule has 0 aliphatic rings. The molecule has 134 valence electrons. The number of hydrogen-bond donors (Lipinski definition) is 2. The fourth-order valence-corrected chi connectivity index (χ4v) is 2.42. The van der Waals surface area contributed by atoms with Crippen LogP contribution in [0.4, 0.5) is 0 Å². The van der Waals surface area contributed by atoms with Gasteiger partial charge in [0.25, 0.3) is 0 Å². The summed E-state index contributed by atoms with van der Waals surface area (Å²) in [7, 11) is 0. The third-order valence-corrected chi connectivity index (χ3v) is 3.81. The molecule has 0 fully saturated rings. The van der Waals surface area contributed by atoms with Crippen molar-refractivity contribution in [1.29, 1.82) is 0 Å². The van der Waals surface area contributed by atoms with Gasteiger partial charge in [0.2, 0.25) is 0 Å². The SMILES string of the molecule is C=C(C)C(=O)OCCCCCCCCCCCNC(=S)NCC. The number of unbranched alkanes of at least 4 members (excludes halogenated alkanes) is 8. The molecule has 2 N–H and O–H groups in total. The van der Waals surface area contributed by atoms with Crippen LogP contribution >= 0.6 is 12.2 Å². The van der Waals surface area contributed by atoms with Gasteiger partial charge >= 0.3 is 5.97 Å². The molecule has 0 atom stereocenters. The van der Waals surface area contributed by atoms with E-state index in [1.165, 1.54) is 44.9 Å². The maximum absolute atomic E-state index is 11.2. The van der Waals surface area contributed by atoms with E-state index < -0.39 is 0 Å². The summed E-state index contributed by atoms with van der Waals surface area (Å²) >= 11 is 5.10. The summed E-state index contributed by atoms with van der Waals surface area (Å²) in [6.07, 6.45) is 10.9. The standard InChI is InChI=1S/C18H34N2O2S/c1-4-19-18(23)20-14-12-10-8-6-5-7-9-11-13-15-22-17(21)16(2)3/h2,4-15H2,1,3H3,(H2,19,20,23). The lowest BCUT2D eigenvalue weighted by atomic mass is 10.1. The molecule has 0 heterocycles. The Morgan fingerprint density at radius 2 is 1.48 bits per heavy atom. The Labute approximate surface area is 147 Å². The van der Waals surface area contributed by atoms with E-state index >= 15 is 0 Å². The van der Waals surface area contributed by atoms with Gasteiger partial charge in [0.1, 0.15) is 0 Å². The Balaban J connectivity index is 3.15. The molecule has 5 heteroatoms. The van der Waals surface area contributed by atoms with Crippen LogP contribution in [0.25, 0.3) is 0 Å². The molecule has 0 radical (unpaired) electrons. The van der Waals surface area contributed by atoms with Gasteiger partial charge in [-0.2, -0.15) is 0 Å². The maximum Gasteiger partial charge on any atom is 0.333 e. The summed E-state index contributed by atoms with van der Waals surface area (Å²) in [6.45, 7) is 9.64. The summed E-state index contributed by atoms with van der Waals surface area (Å²) in [5.74, 6) is -0.272. The highest BCUT2D eigenvalue weighted by atomic mass is 32.1. The van der Waals surface area contributed by atoms with Crippen LogP contribution in [0.2, 0.25) is 0 Å². The van der Waals surface area contributed by atoms with Gasteiger partial charge < -0.3 is 15.4 Å². The van der Waals surface area contributed by atoms with Crippen molar-refractivity contribution < 1.29 is 9.53 Å². The van der Waals surface area contributed by atoms with Crippen molar-refractivity contribution in [3.8, 4) is 0 Å². The first-order chi connectivity index (χ1) is 11.1. The largest absolute Gasteiger partial charge is 0.462 e. The highest BCUT2D eigenvalue weighted by molar-refractivity contribution is 7.80. The number of carbonyl (C=O) groups excluding carboxylic acids is 1. The Hall–Kier alpha value is -1.10. The molecule has 0 aromatic heterocycles. The zero-order chi connectivity index (χ0) is 17.3. The molecular weight excluding hydrogens is 308 g/mol. The lowest BCUT2D eigenvalue weighted by molar-refractivity contribution is -0.139. The zero-order valence-corrected chi connectivity index (χ0v) is 15.7. The fourth-order valence-electron chi connectivity index (χ4n) is 2.18. The predicted molar refractivity (Wildman–Crippen MR) is 102 cm³/mol. The van der Waals surface area contributed by atoms with Crippen molar-refractivity contribution in [2.75, 3.05) is 19.7 Å². The van der Waals surface area contributed by atoms with E-state index in [-0.39, 0.29) is 5.97 Å². The van der Waals surface area contributed by atoms with Crippen LogP contribution in [0.5, 0.6) is 0 Å². The van der Waals surface area contributed by atoms with E-state index in [9.17, 15) is 4.79 Å². The second-order valence-electron chi connectivity index (χ2n) is 5.88. The molecule has 0 saturated heterocycles. The molecule has 0 aliphatic heterocycles. The molecule has 0 aromatic carbocycles. The van der Waals surface area contributed by atoms with E-state index in [0.29, 0.717) is 12.2 Å². The molecule has 0 amide bonds. The van der Waals surface area contributed by atoms with E-state index in [2.05, 4.69) is 17.2 Å². The number of carbonyl (C=O) groups is 1. The molecule has 0 aliphatic carbocycles. The molecule has 0 unspecified atom stereocenters. The quantitative estimate of drug-likeness (QED) is 0.215. The number of rotatable bonds is 14. The summed E-state index contributed by atoms with van der Waals surface area (Å²) in [5, 5.41) is 7.06. The first-order valence-electron chi connectivity index (χ1n) is 8.92. The second kappa shape index (κ2) is 15.8. The van der Waals surface area contributed by atoms with Crippen LogP contribution in [0.1, 0.15) is 71.6 Å². The first kappa shape index (κ1) is 21.9. The van der Waals surface area contributed by atoms with Gasteiger partial charge in [-0.25, -0.2) is 4.79 Å². The Bertz CT molecular complexity index is 346. The second-order valence-corrected chi connectivity index (χ2v) is 6.29. The van der Waals surface area contributed by atoms with Crippen molar-refractivity contribution in [2.45, 2.75) is 71.6 Å². The minimum absolute atomic E-state index is 0.272. The highest BCUT2D eigenvalue weighted by Crippen LogP contribution is 2.09. The van der Waals surface area contributed by atoms with Crippen LogP contribution in [0.15, 0.2) is 12.2 Å². The Morgan fingerprint density at radius 3 is 2.00 bits per heavy atom. The smallest absolute Gasteiger partial charge is 0.333 e. The molecule has 0 bridgehead atoms. The van der Waals surface area contributed by atoms with Gasteiger partial charge in [-0.15, -0.1) is 0 Å². The maximum atomic E-state index is 11.2. The summed E-state index contributed by atoms with van der Waals surface area (Å²) in [6, 6.07) is 0. The third-order valence-electron chi connectivity index (χ3n) is 3.53. The lowest BCUT2D eigenvalue weighted by Crippen LogP contribution is -2.35. The molecule has 0 aromatic rings. The summed E-state index contributed by atoms with van der Waals surface area (Å²) in [5.41, 5.74) is 0.476. The van der Waals surface area contributed by atoms with Gasteiger partial charge in [-0.05, 0) is 38.9 Å². The first-order valence-corrected chi connectivity index (χ1v) is 9.33. The Kier molecular flexibility index (Phi) is 15.0. The highest BCUT2D eigenvalue weighted by Gasteiger charge is 2.01. The average Bonchev–Trinajstić information content (AvgIpc) is 2.51. The third kappa shape index (κ3) is 15.6. The van der Waals surface area contributed by atoms with Crippen molar-refractivity contribution in [3.05, 3.63) is 12.2 Å². The lowest BCUT2D eigenvalue weighted by Gasteiger charge is -2.08. The number of hydrogen-bond acceptors (Lipinski definition) is 3. The van der Waals surface area contributed by atoms with Crippen molar-refractivity contribution in [2.24, 2.45) is 0 Å². The Morgan fingerprint density at radius 1 is 0.957 bits per heavy atom. The number of ether oxygens (including phenoxy) is 1. The van der Waals surface area contributed by atoms with Gasteiger partial charge in [0.05, 0.1) is 6.61 Å². The van der Waals surface area contributed by atoms with Crippen LogP contribution in [-0.2, 0) is 9.53 Å². The van der Waals surface area contributed by atoms with Crippen molar-refractivity contribution in [1.82, 2.24) is 10.6 Å². The topological polar surface area (TPSA) is 50.4 Å². The molecule has 0 spiro atoms. The minimum Gasteiger partial charge on any atom is -0.462 e. The minimum atomic E-state index is -0.272. The average molecular weight is 343 g/mol. The van der Waals surface area contributed by atoms with Gasteiger partial charge in [-0.1, -0.05) is 51.5 Å². The molecule has 0 saturated carbocycles. The molecule has 0 rings (SSSR count). The number of nitrogens with one attached hydrogen (secondary N) is 2. The van der Waals surface area contributed by atoms with Crippen LogP contribution < -0.4 is 10.6 Å². The monoisotopic (exact) mass is 342 g/mol. The fraction of sp³-hybridized carbons (Fsp3) is 0.778. The molecular formula is C18H34N2O2S. The number of esters is 1. The van der Waals surface area contributed by atoms with Crippen LogP contribution in [-0.4, -0.2) is 30.8 Å². The van der Waals surface area contributed by atoms with Crippen molar-refractivity contribution in [3.63, 3.8) is 0 Å². The van der Waals surface area contributed by atoms with Crippen molar-refractivity contribution >= 4 is 23.3 Å². The predicted octanol–water partition coefficient (Wildman–Crippen LogP) is 4.10. The normalized spacial score (nSPS) is 10.2. The van der Waals surface area contributed by atoms with Gasteiger partial charge in [0.15, 0.2) is 5.11 Å². The van der Waals surface area contributed by atoms with E-state index in [0.717, 1.165) is 31.0 Å². The van der Waals surface area contributed by atoms with Crippen LogP contribution in [0.3, 0.4) is 0 Å². The molecule has 4 nitrogen and oxygen atoms in total. The number of thiocarbonyl (C=S) groups is 1. The van der Waals surface area contributed by atoms with E-state index in [1.807, 2.05) is 6.92 Å². The zero-order valence-electron chi connectivity index (χ0n) is 14.9.